The smallest absolute Gasteiger partial charge is 0.356 e. The van der Waals surface area contributed by atoms with Crippen LogP contribution in [0, 0.1) is 0 Å². The van der Waals surface area contributed by atoms with Crippen molar-refractivity contribution in [1.29, 1.82) is 0 Å². The van der Waals surface area contributed by atoms with E-state index in [-0.39, 0.29) is 16.6 Å². The molecule has 2 N–H and O–H groups in total. The van der Waals surface area contributed by atoms with Gasteiger partial charge in [-0.1, -0.05) is 41.5 Å². The van der Waals surface area contributed by atoms with Crippen LogP contribution in [0.4, 0.5) is 5.69 Å². The van der Waals surface area contributed by atoms with E-state index >= 15 is 0 Å². The number of rotatable bonds is 6. The van der Waals surface area contributed by atoms with Gasteiger partial charge >= 0.3 is 7.60 Å². The molecule has 1 aromatic heterocycles. The Labute approximate surface area is 174 Å². The molecule has 2 aromatic rings. The van der Waals surface area contributed by atoms with Crippen LogP contribution in [0.5, 0.6) is 5.75 Å². The molecule has 0 saturated carbocycles. The highest BCUT2D eigenvalue weighted by molar-refractivity contribution is 7.54. The zero-order valence-corrected chi connectivity index (χ0v) is 19.5. The number of phenolic OH excluding ortho intramolecular Hbond substituents is 1. The first-order valence-electron chi connectivity index (χ1n) is 9.59. The van der Waals surface area contributed by atoms with Crippen LogP contribution in [0.3, 0.4) is 0 Å². The number of phenols is 1. The summed E-state index contributed by atoms with van der Waals surface area (Å²) in [6.45, 7) is 12.2. The Morgan fingerprint density at radius 1 is 1.03 bits per heavy atom. The zero-order valence-electron chi connectivity index (χ0n) is 18.6. The van der Waals surface area contributed by atoms with Crippen molar-refractivity contribution >= 4 is 13.3 Å². The van der Waals surface area contributed by atoms with E-state index in [9.17, 15) is 9.67 Å². The van der Waals surface area contributed by atoms with E-state index in [0.29, 0.717) is 11.3 Å². The van der Waals surface area contributed by atoms with E-state index in [0.717, 1.165) is 11.1 Å². The number of hydrogen-bond acceptors (Lipinski definition) is 6. The first kappa shape index (κ1) is 23.4. The number of anilines is 1. The van der Waals surface area contributed by atoms with Crippen LogP contribution in [-0.4, -0.2) is 24.3 Å². The van der Waals surface area contributed by atoms with Crippen molar-refractivity contribution in [3.63, 3.8) is 0 Å². The summed E-state index contributed by atoms with van der Waals surface area (Å²) in [6, 6.07) is 7.39. The first-order valence-corrected chi connectivity index (χ1v) is 11.2. The van der Waals surface area contributed by atoms with Gasteiger partial charge in [-0.05, 0) is 51.8 Å². The first-order chi connectivity index (χ1) is 13.3. The van der Waals surface area contributed by atoms with Crippen molar-refractivity contribution in [2.24, 2.45) is 0 Å². The molecule has 0 fully saturated rings. The monoisotopic (exact) mass is 420 g/mol. The molecule has 1 unspecified atom stereocenters. The molecule has 2 rings (SSSR count). The molecule has 0 bridgehead atoms. The molecule has 0 saturated heterocycles. The van der Waals surface area contributed by atoms with Gasteiger partial charge in [0, 0.05) is 26.6 Å². The van der Waals surface area contributed by atoms with Crippen LogP contribution in [0.25, 0.3) is 0 Å². The Morgan fingerprint density at radius 2 is 1.55 bits per heavy atom. The van der Waals surface area contributed by atoms with Gasteiger partial charge < -0.3 is 19.5 Å². The topological polar surface area (TPSA) is 80.7 Å². The third-order valence-corrected chi connectivity index (χ3v) is 6.93. The van der Waals surface area contributed by atoms with Crippen molar-refractivity contribution < 1.29 is 18.7 Å². The van der Waals surface area contributed by atoms with Gasteiger partial charge in [0.25, 0.3) is 0 Å². The van der Waals surface area contributed by atoms with Gasteiger partial charge in [0.2, 0.25) is 0 Å². The molecule has 0 aliphatic rings. The van der Waals surface area contributed by atoms with Crippen molar-refractivity contribution in [1.82, 2.24) is 4.98 Å². The predicted molar refractivity (Wildman–Crippen MR) is 118 cm³/mol. The number of pyridine rings is 1. The molecular formula is C22H33N2O4P. The normalized spacial score (nSPS) is 13.9. The van der Waals surface area contributed by atoms with Crippen LogP contribution in [0.15, 0.2) is 36.7 Å². The summed E-state index contributed by atoms with van der Waals surface area (Å²) in [6.07, 6.45) is 3.32. The number of hydrogen-bond donors (Lipinski definition) is 2. The average molecular weight is 420 g/mol. The maximum Gasteiger partial charge on any atom is 0.356 e. The van der Waals surface area contributed by atoms with Crippen molar-refractivity contribution in [3.8, 4) is 5.75 Å². The predicted octanol–water partition coefficient (Wildman–Crippen LogP) is 5.98. The highest BCUT2D eigenvalue weighted by Gasteiger charge is 2.38. The lowest BCUT2D eigenvalue weighted by molar-refractivity contribution is 0.268. The Hall–Kier alpha value is -1.88. The van der Waals surface area contributed by atoms with E-state index in [4.69, 9.17) is 9.05 Å². The van der Waals surface area contributed by atoms with Gasteiger partial charge in [-0.2, -0.15) is 0 Å². The summed E-state index contributed by atoms with van der Waals surface area (Å²) < 4.78 is 24.2. The van der Waals surface area contributed by atoms with Crippen LogP contribution in [-0.2, 0) is 24.4 Å². The van der Waals surface area contributed by atoms with Gasteiger partial charge in [-0.15, -0.1) is 0 Å². The standard InChI is InChI=1S/C22H33N2O4P/c1-21(2,3)17-12-15(13-18(19(17)25)22(4,5)6)20(29(26,27-7)28-8)24-16-10-9-11-23-14-16/h9-14,20,24-25H,1-8H3. The van der Waals surface area contributed by atoms with Gasteiger partial charge in [-0.3, -0.25) is 9.55 Å². The van der Waals surface area contributed by atoms with Crippen LogP contribution < -0.4 is 5.32 Å². The fourth-order valence-corrected chi connectivity index (χ4v) is 4.59. The number of nitrogens with zero attached hydrogens (tertiary/aromatic N) is 1. The van der Waals surface area contributed by atoms with Crippen LogP contribution in [0.2, 0.25) is 0 Å². The summed E-state index contributed by atoms with van der Waals surface area (Å²) in [4.78, 5) is 4.12. The minimum Gasteiger partial charge on any atom is -0.507 e. The quantitative estimate of drug-likeness (QED) is 0.560. The second-order valence-electron chi connectivity index (χ2n) is 9.16. The molecule has 7 heteroatoms. The van der Waals surface area contributed by atoms with Gasteiger partial charge in [-0.25, -0.2) is 0 Å². The van der Waals surface area contributed by atoms with Gasteiger partial charge in [0.1, 0.15) is 5.75 Å². The van der Waals surface area contributed by atoms with E-state index in [2.05, 4.69) is 10.3 Å². The highest BCUT2D eigenvalue weighted by atomic mass is 31.2. The number of aromatic nitrogens is 1. The van der Waals surface area contributed by atoms with E-state index in [1.54, 1.807) is 18.5 Å². The largest absolute Gasteiger partial charge is 0.507 e. The number of aromatic hydroxyl groups is 1. The van der Waals surface area contributed by atoms with E-state index in [1.807, 2.05) is 59.7 Å². The third kappa shape index (κ3) is 5.19. The maximum atomic E-state index is 13.5. The summed E-state index contributed by atoms with van der Waals surface area (Å²) >= 11 is 0. The molecule has 0 radical (unpaired) electrons. The lowest BCUT2D eigenvalue weighted by Gasteiger charge is -2.32. The van der Waals surface area contributed by atoms with Gasteiger partial charge in [0.15, 0.2) is 5.78 Å². The summed E-state index contributed by atoms with van der Waals surface area (Å²) in [5.74, 6) is -0.511. The van der Waals surface area contributed by atoms with Crippen molar-refractivity contribution in [3.05, 3.63) is 53.3 Å². The average Bonchev–Trinajstić information content (AvgIpc) is 2.65. The van der Waals surface area contributed by atoms with Crippen LogP contribution in [0.1, 0.15) is 64.0 Å². The highest BCUT2D eigenvalue weighted by Crippen LogP contribution is 2.60. The summed E-state index contributed by atoms with van der Waals surface area (Å²) in [7, 11) is -0.813. The molecule has 0 amide bonds. The Bertz CT molecular complexity index is 843. The molecule has 0 aliphatic heterocycles. The third-order valence-electron chi connectivity index (χ3n) is 4.85. The summed E-state index contributed by atoms with van der Waals surface area (Å²) in [5.41, 5.74) is 2.32. The molecule has 29 heavy (non-hydrogen) atoms. The molecule has 0 aliphatic carbocycles. The Kier molecular flexibility index (Phi) is 6.83. The van der Waals surface area contributed by atoms with E-state index in [1.165, 1.54) is 14.2 Å². The molecule has 1 atom stereocenters. The van der Waals surface area contributed by atoms with Gasteiger partial charge in [0.05, 0.1) is 5.69 Å². The van der Waals surface area contributed by atoms with E-state index < -0.39 is 13.4 Å². The SMILES string of the molecule is COP(=O)(OC)C(Nc1cccnc1)c1cc(C(C)(C)C)c(O)c(C(C)(C)C)c1. The minimum absolute atomic E-state index is 0.263. The van der Waals surface area contributed by atoms with Crippen LogP contribution >= 0.6 is 7.60 Å². The molecule has 6 nitrogen and oxygen atoms in total. The Morgan fingerprint density at radius 3 is 1.93 bits per heavy atom. The maximum absolute atomic E-state index is 13.5. The second-order valence-corrected chi connectivity index (χ2v) is 11.5. The van der Waals surface area contributed by atoms with Crippen molar-refractivity contribution in [2.75, 3.05) is 19.5 Å². The molecule has 1 aromatic carbocycles. The van der Waals surface area contributed by atoms with Crippen molar-refractivity contribution in [2.45, 2.75) is 58.2 Å². The lowest BCUT2D eigenvalue weighted by Crippen LogP contribution is -2.20. The fraction of sp³-hybridized carbons (Fsp3) is 0.500. The molecular weight excluding hydrogens is 387 g/mol. The summed E-state index contributed by atoms with van der Waals surface area (Å²) in [5, 5.41) is 14.3. The zero-order chi connectivity index (χ0) is 22.0. The Balaban J connectivity index is 2.77. The lowest BCUT2D eigenvalue weighted by atomic mass is 9.78. The molecule has 1 heterocycles. The second kappa shape index (κ2) is 8.47. The number of benzene rings is 1. The molecule has 0 spiro atoms. The number of nitrogens with one attached hydrogen (secondary N) is 1. The molecule has 160 valence electrons. The fourth-order valence-electron chi connectivity index (χ4n) is 3.19. The minimum atomic E-state index is -3.56.